The van der Waals surface area contributed by atoms with Crippen LogP contribution in [0.3, 0.4) is 0 Å². The van der Waals surface area contributed by atoms with Crippen LogP contribution in [0, 0.1) is 0 Å². The van der Waals surface area contributed by atoms with E-state index in [4.69, 9.17) is 21.8 Å². The third kappa shape index (κ3) is 4.86. The van der Waals surface area contributed by atoms with Crippen molar-refractivity contribution < 1.29 is 19.2 Å². The second-order valence-electron chi connectivity index (χ2n) is 7.19. The topological polar surface area (TPSA) is 83.6 Å². The van der Waals surface area contributed by atoms with Crippen molar-refractivity contribution in [2.45, 2.75) is 25.7 Å². The summed E-state index contributed by atoms with van der Waals surface area (Å²) in [5.74, 6) is -0.213. The smallest absolute Gasteiger partial charge is 0.303 e. The highest BCUT2D eigenvalue weighted by atomic mass is 32.2. The summed E-state index contributed by atoms with van der Waals surface area (Å²) < 4.78 is 6.08. The van der Waals surface area contributed by atoms with Gasteiger partial charge in [0, 0.05) is 18.5 Å². The van der Waals surface area contributed by atoms with E-state index >= 15 is 0 Å². The van der Waals surface area contributed by atoms with Gasteiger partial charge >= 0.3 is 5.97 Å². The minimum absolute atomic E-state index is 0.109. The quantitative estimate of drug-likeness (QED) is 0.280. The van der Waals surface area contributed by atoms with E-state index in [1.54, 1.807) is 4.90 Å². The van der Waals surface area contributed by atoms with Crippen molar-refractivity contribution in [3.8, 4) is 11.3 Å². The molecule has 3 aromatic rings. The van der Waals surface area contributed by atoms with E-state index in [0.717, 1.165) is 34.9 Å². The van der Waals surface area contributed by atoms with Gasteiger partial charge in [0.2, 0.25) is 0 Å². The molecule has 0 spiro atoms. The minimum atomic E-state index is -0.797. The van der Waals surface area contributed by atoms with Crippen LogP contribution >= 0.6 is 24.0 Å². The first-order valence-corrected chi connectivity index (χ1v) is 11.2. The molecule has 1 N–H and O–H groups in total. The molecule has 1 amide bonds. The molecule has 8 heteroatoms. The second-order valence-corrected chi connectivity index (χ2v) is 8.87. The van der Waals surface area contributed by atoms with Crippen LogP contribution in [-0.4, -0.2) is 37.9 Å². The molecule has 31 heavy (non-hydrogen) atoms. The van der Waals surface area contributed by atoms with Crippen molar-refractivity contribution in [1.29, 1.82) is 0 Å². The number of hydrogen-bond donors (Lipinski definition) is 1. The van der Waals surface area contributed by atoms with E-state index in [-0.39, 0.29) is 12.3 Å². The summed E-state index contributed by atoms with van der Waals surface area (Å²) in [5, 5.41) is 13.7. The van der Waals surface area contributed by atoms with Gasteiger partial charge in [0.25, 0.3) is 5.91 Å². The summed E-state index contributed by atoms with van der Waals surface area (Å²) in [6.45, 7) is 0.504. The van der Waals surface area contributed by atoms with Crippen LogP contribution < -0.4 is 0 Å². The molecule has 0 atom stereocenters. The maximum absolute atomic E-state index is 12.8. The van der Waals surface area contributed by atoms with Crippen LogP contribution in [0.15, 0.2) is 58.0 Å². The Labute approximate surface area is 188 Å². The molecule has 0 unspecified atom stereocenters. The van der Waals surface area contributed by atoms with Crippen molar-refractivity contribution in [1.82, 2.24) is 10.1 Å². The number of fused-ring (bicyclic) bond motifs is 1. The monoisotopic (exact) mass is 452 g/mol. The number of carbonyl (C=O) groups excluding carboxylic acids is 1. The largest absolute Gasteiger partial charge is 0.481 e. The lowest BCUT2D eigenvalue weighted by molar-refractivity contribution is -0.137. The van der Waals surface area contributed by atoms with Gasteiger partial charge in [0.15, 0.2) is 5.76 Å². The Morgan fingerprint density at radius 2 is 1.97 bits per heavy atom. The average molecular weight is 453 g/mol. The lowest BCUT2D eigenvalue weighted by Crippen LogP contribution is -2.29. The average Bonchev–Trinajstić information content (AvgIpc) is 3.29. The van der Waals surface area contributed by atoms with Crippen LogP contribution in [-0.2, 0) is 9.59 Å². The molecule has 0 saturated carbocycles. The lowest BCUT2D eigenvalue weighted by atomic mass is 10.1. The van der Waals surface area contributed by atoms with Gasteiger partial charge in [0.1, 0.15) is 9.84 Å². The van der Waals surface area contributed by atoms with Crippen molar-refractivity contribution in [2.24, 2.45) is 0 Å². The molecule has 6 nitrogen and oxygen atoms in total. The maximum atomic E-state index is 12.8. The number of carboxylic acids is 1. The number of rotatable bonds is 8. The number of thiocarbonyl (C=S) groups is 1. The Morgan fingerprint density at radius 1 is 1.16 bits per heavy atom. The fourth-order valence-electron chi connectivity index (χ4n) is 3.41. The second kappa shape index (κ2) is 9.45. The maximum Gasteiger partial charge on any atom is 0.303 e. The zero-order valence-electron chi connectivity index (χ0n) is 16.6. The molecule has 1 aliphatic rings. The molecule has 1 aromatic heterocycles. The molecule has 0 aliphatic carbocycles. The van der Waals surface area contributed by atoms with E-state index in [1.807, 2.05) is 54.6 Å². The number of benzene rings is 2. The Balaban J connectivity index is 1.50. The van der Waals surface area contributed by atoms with Gasteiger partial charge in [-0.3, -0.25) is 14.5 Å². The Hall–Kier alpha value is -2.97. The van der Waals surface area contributed by atoms with Crippen molar-refractivity contribution in [3.63, 3.8) is 0 Å². The Morgan fingerprint density at radius 3 is 2.74 bits per heavy atom. The fourth-order valence-corrected chi connectivity index (χ4v) is 4.72. The normalized spacial score (nSPS) is 15.4. The molecule has 2 heterocycles. The number of nitrogens with zero attached hydrogens (tertiary/aromatic N) is 2. The zero-order chi connectivity index (χ0) is 21.8. The molecule has 1 fully saturated rings. The fraction of sp³-hybridized carbons (Fsp3) is 0.217. The van der Waals surface area contributed by atoms with Crippen molar-refractivity contribution >= 4 is 57.2 Å². The summed E-state index contributed by atoms with van der Waals surface area (Å²) in [6.07, 6.45) is 4.05. The Kier molecular flexibility index (Phi) is 6.48. The number of hydrogen-bond acceptors (Lipinski definition) is 6. The zero-order valence-corrected chi connectivity index (χ0v) is 18.2. The standard InChI is InChI=1S/C23H20N2O4S2/c26-20(27)9-5-2-6-12-25-22(28)19(31-23(25)30)14-15-10-11-18-17(13-15)21(29-24-18)16-7-3-1-4-8-16/h1,3-4,7-8,10-11,13-14H,2,5-6,9,12H2,(H,26,27)/b19-14-. The van der Waals surface area contributed by atoms with E-state index in [9.17, 15) is 9.59 Å². The summed E-state index contributed by atoms with van der Waals surface area (Å²) in [4.78, 5) is 25.6. The van der Waals surface area contributed by atoms with Gasteiger partial charge < -0.3 is 9.63 Å². The first kappa shape index (κ1) is 21.3. The van der Waals surface area contributed by atoms with Gasteiger partial charge in [-0.2, -0.15) is 0 Å². The highest BCUT2D eigenvalue weighted by Crippen LogP contribution is 2.34. The van der Waals surface area contributed by atoms with E-state index in [1.165, 1.54) is 11.8 Å². The number of thioether (sulfide) groups is 1. The number of carboxylic acid groups (broad SMARTS) is 1. The third-order valence-corrected chi connectivity index (χ3v) is 6.36. The van der Waals surface area contributed by atoms with E-state index in [0.29, 0.717) is 28.0 Å². The predicted molar refractivity (Wildman–Crippen MR) is 125 cm³/mol. The van der Waals surface area contributed by atoms with Crippen LogP contribution in [0.25, 0.3) is 28.3 Å². The molecule has 158 valence electrons. The lowest BCUT2D eigenvalue weighted by Gasteiger charge is -2.13. The molecule has 0 radical (unpaired) electrons. The van der Waals surface area contributed by atoms with Crippen LogP contribution in [0.1, 0.15) is 31.2 Å². The predicted octanol–water partition coefficient (Wildman–Crippen LogP) is 5.34. The van der Waals surface area contributed by atoms with E-state index < -0.39 is 5.97 Å². The number of amides is 1. The third-order valence-electron chi connectivity index (χ3n) is 4.98. The molecule has 4 rings (SSSR count). The molecule has 1 aliphatic heterocycles. The molecular weight excluding hydrogens is 432 g/mol. The highest BCUT2D eigenvalue weighted by Gasteiger charge is 2.31. The van der Waals surface area contributed by atoms with Gasteiger partial charge in [-0.05, 0) is 36.6 Å². The summed E-state index contributed by atoms with van der Waals surface area (Å²) in [6, 6.07) is 15.5. The first-order chi connectivity index (χ1) is 15.0. The molecule has 2 aromatic carbocycles. The minimum Gasteiger partial charge on any atom is -0.481 e. The van der Waals surface area contributed by atoms with Crippen molar-refractivity contribution in [3.05, 3.63) is 59.0 Å². The summed E-state index contributed by atoms with van der Waals surface area (Å²) in [5.41, 5.74) is 2.57. The van der Waals surface area contributed by atoms with Crippen LogP contribution in [0.5, 0.6) is 0 Å². The SMILES string of the molecule is O=C(O)CCCCCN1C(=O)/C(=C/c2ccc3noc(-c4ccccc4)c3c2)SC1=S. The van der Waals surface area contributed by atoms with E-state index in [2.05, 4.69) is 5.16 Å². The number of aromatic nitrogens is 1. The Bertz CT molecular complexity index is 1170. The first-order valence-electron chi connectivity index (χ1n) is 9.95. The summed E-state index contributed by atoms with van der Waals surface area (Å²) in [7, 11) is 0. The number of unbranched alkanes of at least 4 members (excludes halogenated alkanes) is 2. The van der Waals surface area contributed by atoms with Gasteiger partial charge in [-0.25, -0.2) is 0 Å². The number of aliphatic carboxylic acids is 1. The van der Waals surface area contributed by atoms with Gasteiger partial charge in [0.05, 0.1) is 10.3 Å². The molecule has 0 bridgehead atoms. The van der Waals surface area contributed by atoms with Crippen molar-refractivity contribution in [2.75, 3.05) is 6.54 Å². The summed E-state index contributed by atoms with van der Waals surface area (Å²) >= 11 is 6.68. The molecule has 1 saturated heterocycles. The van der Waals surface area contributed by atoms with Crippen LogP contribution in [0.4, 0.5) is 0 Å². The highest BCUT2D eigenvalue weighted by molar-refractivity contribution is 8.26. The van der Waals surface area contributed by atoms with Gasteiger partial charge in [-0.1, -0.05) is 72.0 Å². The molecular formula is C23H20N2O4S2. The van der Waals surface area contributed by atoms with Gasteiger partial charge in [-0.15, -0.1) is 0 Å². The number of carbonyl (C=O) groups is 2. The van der Waals surface area contributed by atoms with Crippen LogP contribution in [0.2, 0.25) is 0 Å².